The zero-order chi connectivity index (χ0) is 21.9. The number of pyridine rings is 1. The summed E-state index contributed by atoms with van der Waals surface area (Å²) in [5.41, 5.74) is 2.11. The molecule has 0 N–H and O–H groups in total. The summed E-state index contributed by atoms with van der Waals surface area (Å²) in [6.07, 6.45) is 7.27. The molecule has 2 aliphatic rings. The summed E-state index contributed by atoms with van der Waals surface area (Å²) in [6.45, 7) is 3.28. The van der Waals surface area contributed by atoms with Gasteiger partial charge >= 0.3 is 0 Å². The van der Waals surface area contributed by atoms with E-state index in [9.17, 15) is 9.18 Å². The van der Waals surface area contributed by atoms with Crippen LogP contribution in [0.2, 0.25) is 0 Å². The molecule has 2 fully saturated rings. The second kappa shape index (κ2) is 9.24. The Morgan fingerprint density at radius 3 is 2.91 bits per heavy atom. The number of piperidine rings is 1. The molecule has 0 radical (unpaired) electrons. The first kappa shape index (κ1) is 20.9. The van der Waals surface area contributed by atoms with Gasteiger partial charge in [-0.3, -0.25) is 4.79 Å². The average Bonchev–Trinajstić information content (AvgIpc) is 3.26. The van der Waals surface area contributed by atoms with Crippen LogP contribution in [-0.4, -0.2) is 58.3 Å². The van der Waals surface area contributed by atoms with Crippen molar-refractivity contribution in [3.05, 3.63) is 54.2 Å². The van der Waals surface area contributed by atoms with E-state index < -0.39 is 0 Å². The van der Waals surface area contributed by atoms with Crippen LogP contribution >= 0.6 is 0 Å². The maximum atomic E-state index is 13.4. The Morgan fingerprint density at radius 2 is 2.06 bits per heavy atom. The van der Waals surface area contributed by atoms with Gasteiger partial charge in [0.15, 0.2) is 5.65 Å². The number of ether oxygens (including phenoxy) is 2. The van der Waals surface area contributed by atoms with Crippen molar-refractivity contribution in [2.24, 2.45) is 5.92 Å². The average molecular weight is 439 g/mol. The first-order valence-corrected chi connectivity index (χ1v) is 11.3. The van der Waals surface area contributed by atoms with Gasteiger partial charge in [-0.15, -0.1) is 0 Å². The highest BCUT2D eigenvalue weighted by Gasteiger charge is 2.26. The van der Waals surface area contributed by atoms with Crippen molar-refractivity contribution in [3.8, 4) is 5.75 Å². The van der Waals surface area contributed by atoms with Crippen LogP contribution in [0.15, 0.2) is 42.9 Å². The summed E-state index contributed by atoms with van der Waals surface area (Å²) >= 11 is 0. The van der Waals surface area contributed by atoms with Crippen molar-refractivity contribution in [3.63, 3.8) is 0 Å². The van der Waals surface area contributed by atoms with E-state index in [0.29, 0.717) is 37.1 Å². The number of likely N-dealkylation sites (tertiary alicyclic amines) is 1. The van der Waals surface area contributed by atoms with Gasteiger partial charge in [-0.1, -0.05) is 6.07 Å². The van der Waals surface area contributed by atoms with E-state index >= 15 is 0 Å². The highest BCUT2D eigenvalue weighted by molar-refractivity contribution is 5.96. The second-order valence-electron chi connectivity index (χ2n) is 8.59. The van der Waals surface area contributed by atoms with Gasteiger partial charge in [0, 0.05) is 50.5 Å². The molecule has 7 nitrogen and oxygen atoms in total. The predicted octanol–water partition coefficient (Wildman–Crippen LogP) is 3.85. The van der Waals surface area contributed by atoms with Gasteiger partial charge in [0.2, 0.25) is 0 Å². The van der Waals surface area contributed by atoms with Crippen LogP contribution in [0.1, 0.15) is 42.1 Å². The maximum Gasteiger partial charge on any atom is 0.255 e. The number of halogens is 1. The Hall–Kier alpha value is -3.00. The van der Waals surface area contributed by atoms with Crippen LogP contribution < -0.4 is 4.74 Å². The van der Waals surface area contributed by atoms with Crippen molar-refractivity contribution in [2.75, 3.05) is 32.9 Å². The number of benzene rings is 1. The molecule has 0 aliphatic carbocycles. The third-order valence-electron chi connectivity index (χ3n) is 6.33. The van der Waals surface area contributed by atoms with Gasteiger partial charge in [0.05, 0.1) is 18.5 Å². The second-order valence-corrected chi connectivity index (χ2v) is 8.59. The molecule has 3 aromatic rings. The summed E-state index contributed by atoms with van der Waals surface area (Å²) in [5, 5.41) is 0. The SMILES string of the molecule is O=C(c1cnc2c(c1)ncn2C1CCOCC1)N1CCCC(COc2cccc(F)c2)C1. The molecular weight excluding hydrogens is 411 g/mol. The third kappa shape index (κ3) is 4.46. The quantitative estimate of drug-likeness (QED) is 0.605. The number of carbonyl (C=O) groups excluding carboxylic acids is 1. The van der Waals surface area contributed by atoms with Crippen molar-refractivity contribution in [2.45, 2.75) is 31.7 Å². The fourth-order valence-electron chi connectivity index (χ4n) is 4.61. The Balaban J connectivity index is 1.25. The van der Waals surface area contributed by atoms with E-state index in [-0.39, 0.29) is 17.6 Å². The summed E-state index contributed by atoms with van der Waals surface area (Å²) in [5.74, 6) is 0.379. The van der Waals surface area contributed by atoms with E-state index in [2.05, 4.69) is 14.5 Å². The zero-order valence-electron chi connectivity index (χ0n) is 18.0. The minimum Gasteiger partial charge on any atom is -0.493 e. The smallest absolute Gasteiger partial charge is 0.255 e. The molecule has 0 spiro atoms. The van der Waals surface area contributed by atoms with Crippen molar-refractivity contribution < 1.29 is 18.7 Å². The van der Waals surface area contributed by atoms with E-state index in [0.717, 1.165) is 50.1 Å². The molecular formula is C24H27FN4O3. The summed E-state index contributed by atoms with van der Waals surface area (Å²) in [7, 11) is 0. The first-order valence-electron chi connectivity index (χ1n) is 11.3. The lowest BCUT2D eigenvalue weighted by atomic mass is 9.98. The Bertz CT molecular complexity index is 1100. The Labute approximate surface area is 186 Å². The van der Waals surface area contributed by atoms with Crippen LogP contribution in [0.4, 0.5) is 4.39 Å². The number of aromatic nitrogens is 3. The molecule has 0 bridgehead atoms. The van der Waals surface area contributed by atoms with Gasteiger partial charge in [-0.2, -0.15) is 0 Å². The van der Waals surface area contributed by atoms with Gasteiger partial charge in [-0.25, -0.2) is 14.4 Å². The van der Waals surface area contributed by atoms with Crippen LogP contribution in [0.5, 0.6) is 5.75 Å². The largest absolute Gasteiger partial charge is 0.493 e. The molecule has 2 saturated heterocycles. The molecule has 5 rings (SSSR count). The highest BCUT2D eigenvalue weighted by atomic mass is 19.1. The van der Waals surface area contributed by atoms with E-state index in [4.69, 9.17) is 9.47 Å². The summed E-state index contributed by atoms with van der Waals surface area (Å²) in [6, 6.07) is 8.33. The van der Waals surface area contributed by atoms with Gasteiger partial charge in [-0.05, 0) is 43.9 Å². The van der Waals surface area contributed by atoms with Crippen LogP contribution in [0.3, 0.4) is 0 Å². The fraction of sp³-hybridized carbons (Fsp3) is 0.458. The lowest BCUT2D eigenvalue weighted by Gasteiger charge is -2.32. The Kier molecular flexibility index (Phi) is 6.03. The number of imidazole rings is 1. The molecule has 1 amide bonds. The van der Waals surface area contributed by atoms with Gasteiger partial charge < -0.3 is 18.9 Å². The van der Waals surface area contributed by atoms with E-state index in [1.807, 2.05) is 17.3 Å². The lowest BCUT2D eigenvalue weighted by molar-refractivity contribution is 0.0633. The monoisotopic (exact) mass is 438 g/mol. The van der Waals surface area contributed by atoms with Crippen molar-refractivity contribution >= 4 is 17.1 Å². The molecule has 1 unspecified atom stereocenters. The molecule has 4 heterocycles. The minimum atomic E-state index is -0.315. The number of nitrogens with zero attached hydrogens (tertiary/aromatic N) is 4. The van der Waals surface area contributed by atoms with E-state index in [1.54, 1.807) is 18.3 Å². The van der Waals surface area contributed by atoms with Crippen LogP contribution in [-0.2, 0) is 4.74 Å². The number of carbonyl (C=O) groups is 1. The highest BCUT2D eigenvalue weighted by Crippen LogP contribution is 2.26. The molecule has 1 atom stereocenters. The Morgan fingerprint density at radius 1 is 1.19 bits per heavy atom. The van der Waals surface area contributed by atoms with Gasteiger partial charge in [0.25, 0.3) is 5.91 Å². The third-order valence-corrected chi connectivity index (χ3v) is 6.33. The number of rotatable bonds is 5. The molecule has 2 aliphatic heterocycles. The van der Waals surface area contributed by atoms with Crippen LogP contribution in [0.25, 0.3) is 11.2 Å². The molecule has 32 heavy (non-hydrogen) atoms. The number of hydrogen-bond acceptors (Lipinski definition) is 5. The van der Waals surface area contributed by atoms with Crippen molar-refractivity contribution in [1.82, 2.24) is 19.4 Å². The van der Waals surface area contributed by atoms with Crippen molar-refractivity contribution in [1.29, 1.82) is 0 Å². The molecule has 168 valence electrons. The predicted molar refractivity (Wildman–Crippen MR) is 117 cm³/mol. The summed E-state index contributed by atoms with van der Waals surface area (Å²) < 4.78 is 26.7. The molecule has 8 heteroatoms. The zero-order valence-corrected chi connectivity index (χ0v) is 18.0. The topological polar surface area (TPSA) is 69.5 Å². The lowest BCUT2D eigenvalue weighted by Crippen LogP contribution is -2.41. The standard InChI is InChI=1S/C24H27FN4O3/c25-19-4-1-5-21(12-19)32-15-17-3-2-8-28(14-17)24(30)18-11-22-23(26-13-18)29(16-27-22)20-6-9-31-10-7-20/h1,4-5,11-13,16-17,20H,2-3,6-10,14-15H2. The number of fused-ring (bicyclic) bond motifs is 1. The van der Waals surface area contributed by atoms with E-state index in [1.165, 1.54) is 12.1 Å². The first-order chi connectivity index (χ1) is 15.7. The molecule has 0 saturated carbocycles. The number of hydrogen-bond donors (Lipinski definition) is 0. The molecule has 2 aromatic heterocycles. The summed E-state index contributed by atoms with van der Waals surface area (Å²) in [4.78, 5) is 24.1. The number of amides is 1. The maximum absolute atomic E-state index is 13.4. The fourth-order valence-corrected chi connectivity index (χ4v) is 4.61. The normalized spacial score (nSPS) is 19.9. The molecule has 1 aromatic carbocycles. The minimum absolute atomic E-state index is 0.0320. The van der Waals surface area contributed by atoms with Crippen LogP contribution in [0, 0.1) is 11.7 Å². The van der Waals surface area contributed by atoms with Gasteiger partial charge in [0.1, 0.15) is 17.1 Å².